The zero-order valence-corrected chi connectivity index (χ0v) is 7.50. The number of hydrogen-bond donors (Lipinski definition) is 0. The molecule has 0 unspecified atom stereocenters. The first-order valence-electron chi connectivity index (χ1n) is 3.97. The van der Waals surface area contributed by atoms with Gasteiger partial charge in [0.25, 0.3) is 0 Å². The van der Waals surface area contributed by atoms with Crippen LogP contribution < -0.4 is 0 Å². The minimum absolute atomic E-state index is 0.796. The molecule has 3 heteroatoms. The van der Waals surface area contributed by atoms with Crippen LogP contribution in [0.4, 0.5) is 0 Å². The van der Waals surface area contributed by atoms with Crippen LogP contribution >= 0.6 is 0 Å². The fourth-order valence-electron chi connectivity index (χ4n) is 1.39. The van der Waals surface area contributed by atoms with E-state index in [9.17, 15) is 0 Å². The summed E-state index contributed by atoms with van der Waals surface area (Å²) in [6.45, 7) is 6.02. The molecule has 2 rings (SSSR count). The van der Waals surface area contributed by atoms with Crippen LogP contribution in [0.5, 0.6) is 0 Å². The lowest BCUT2D eigenvalue weighted by molar-refractivity contribution is 1.01. The van der Waals surface area contributed by atoms with Crippen molar-refractivity contribution >= 4 is 5.78 Å². The molecule has 0 saturated carbocycles. The highest BCUT2D eigenvalue weighted by molar-refractivity contribution is 5.34. The quantitative estimate of drug-likeness (QED) is 0.588. The molecule has 0 aliphatic heterocycles. The summed E-state index contributed by atoms with van der Waals surface area (Å²) >= 11 is 0. The van der Waals surface area contributed by atoms with Crippen LogP contribution in [0.1, 0.15) is 17.1 Å². The Bertz CT molecular complexity index is 429. The Labute approximate surface area is 71.1 Å². The zero-order valence-electron chi connectivity index (χ0n) is 7.50. The van der Waals surface area contributed by atoms with E-state index in [0.29, 0.717) is 0 Å². The molecule has 2 aromatic rings. The number of aromatic nitrogens is 3. The highest BCUT2D eigenvalue weighted by Crippen LogP contribution is 2.06. The van der Waals surface area contributed by atoms with Crippen LogP contribution in [0.3, 0.4) is 0 Å². The third kappa shape index (κ3) is 0.978. The normalized spacial score (nSPS) is 10.9. The summed E-state index contributed by atoms with van der Waals surface area (Å²) in [5.74, 6) is 0.796. The Morgan fingerprint density at radius 2 is 1.75 bits per heavy atom. The molecule has 0 spiro atoms. The van der Waals surface area contributed by atoms with Crippen molar-refractivity contribution < 1.29 is 0 Å². The lowest BCUT2D eigenvalue weighted by Crippen LogP contribution is -1.94. The van der Waals surface area contributed by atoms with E-state index >= 15 is 0 Å². The van der Waals surface area contributed by atoms with Crippen molar-refractivity contribution in [2.45, 2.75) is 20.8 Å². The number of aryl methyl sites for hydroxylation is 3. The van der Waals surface area contributed by atoms with Gasteiger partial charge in [-0.1, -0.05) is 0 Å². The largest absolute Gasteiger partial charge is 0.288 e. The predicted molar refractivity (Wildman–Crippen MR) is 47.2 cm³/mol. The maximum Gasteiger partial charge on any atom is 0.234 e. The number of fused-ring (bicyclic) bond motifs is 1. The van der Waals surface area contributed by atoms with E-state index in [1.54, 1.807) is 0 Å². The summed E-state index contributed by atoms with van der Waals surface area (Å²) in [5.41, 5.74) is 3.21. The van der Waals surface area contributed by atoms with Gasteiger partial charge in [0, 0.05) is 17.6 Å². The Morgan fingerprint density at radius 3 is 2.50 bits per heavy atom. The third-order valence-electron chi connectivity index (χ3n) is 1.88. The van der Waals surface area contributed by atoms with Gasteiger partial charge in [-0.15, -0.1) is 0 Å². The Hall–Kier alpha value is -1.38. The molecule has 0 aliphatic rings. The fourth-order valence-corrected chi connectivity index (χ4v) is 1.39. The topological polar surface area (TPSA) is 30.2 Å². The first-order chi connectivity index (χ1) is 5.66. The summed E-state index contributed by atoms with van der Waals surface area (Å²) in [4.78, 5) is 8.60. The molecular weight excluding hydrogens is 150 g/mol. The minimum atomic E-state index is 0.796. The summed E-state index contributed by atoms with van der Waals surface area (Å²) in [7, 11) is 0. The molecule has 2 aromatic heterocycles. The van der Waals surface area contributed by atoms with E-state index in [1.807, 2.05) is 30.5 Å². The van der Waals surface area contributed by atoms with Gasteiger partial charge in [-0.3, -0.25) is 4.40 Å². The molecule has 62 valence electrons. The first-order valence-corrected chi connectivity index (χ1v) is 3.97. The molecule has 0 atom stereocenters. The van der Waals surface area contributed by atoms with E-state index in [4.69, 9.17) is 0 Å². The molecule has 2 heterocycles. The number of imidazole rings is 1. The second-order valence-corrected chi connectivity index (χ2v) is 3.09. The SMILES string of the molecule is Cc1cc(C)n2cc(C)nc2n1. The van der Waals surface area contributed by atoms with Crippen molar-refractivity contribution in [3.05, 3.63) is 29.3 Å². The van der Waals surface area contributed by atoms with Gasteiger partial charge in [0.15, 0.2) is 0 Å². The van der Waals surface area contributed by atoms with Crippen molar-refractivity contribution in [2.75, 3.05) is 0 Å². The van der Waals surface area contributed by atoms with Crippen molar-refractivity contribution in [3.63, 3.8) is 0 Å². The summed E-state index contributed by atoms with van der Waals surface area (Å²) in [5, 5.41) is 0. The average molecular weight is 161 g/mol. The van der Waals surface area contributed by atoms with Crippen molar-refractivity contribution in [1.29, 1.82) is 0 Å². The molecule has 0 saturated heterocycles. The Kier molecular flexibility index (Phi) is 1.40. The molecule has 12 heavy (non-hydrogen) atoms. The maximum absolute atomic E-state index is 4.31. The van der Waals surface area contributed by atoms with Gasteiger partial charge in [0.1, 0.15) is 0 Å². The van der Waals surface area contributed by atoms with Crippen LogP contribution in [0.2, 0.25) is 0 Å². The van der Waals surface area contributed by atoms with Gasteiger partial charge in [-0.25, -0.2) is 9.97 Å². The average Bonchev–Trinajstić information content (AvgIpc) is 2.29. The minimum Gasteiger partial charge on any atom is -0.288 e. The van der Waals surface area contributed by atoms with Gasteiger partial charge in [0.2, 0.25) is 5.78 Å². The van der Waals surface area contributed by atoms with Crippen LogP contribution in [0.25, 0.3) is 5.78 Å². The lowest BCUT2D eigenvalue weighted by atomic mass is 10.3. The van der Waals surface area contributed by atoms with Crippen LogP contribution in [0, 0.1) is 20.8 Å². The van der Waals surface area contributed by atoms with Gasteiger partial charge in [-0.05, 0) is 26.8 Å². The number of hydrogen-bond acceptors (Lipinski definition) is 2. The molecule has 0 amide bonds. The molecule has 0 fully saturated rings. The standard InChI is InChI=1S/C9H11N3/c1-6-4-8(3)12-5-7(2)11-9(12)10-6/h4-5H,1-3H3. The number of rotatable bonds is 0. The van der Waals surface area contributed by atoms with E-state index in [0.717, 1.165) is 17.2 Å². The van der Waals surface area contributed by atoms with E-state index < -0.39 is 0 Å². The number of nitrogens with zero attached hydrogens (tertiary/aromatic N) is 3. The van der Waals surface area contributed by atoms with Crippen LogP contribution in [-0.2, 0) is 0 Å². The van der Waals surface area contributed by atoms with Gasteiger partial charge < -0.3 is 0 Å². The molecule has 0 radical (unpaired) electrons. The van der Waals surface area contributed by atoms with E-state index in [2.05, 4.69) is 16.9 Å². The molecule has 0 bridgehead atoms. The smallest absolute Gasteiger partial charge is 0.234 e. The fraction of sp³-hybridized carbons (Fsp3) is 0.333. The Balaban J connectivity index is 2.88. The van der Waals surface area contributed by atoms with Crippen LogP contribution in [0.15, 0.2) is 12.3 Å². The third-order valence-corrected chi connectivity index (χ3v) is 1.88. The van der Waals surface area contributed by atoms with Crippen molar-refractivity contribution in [1.82, 2.24) is 14.4 Å². The lowest BCUT2D eigenvalue weighted by Gasteiger charge is -1.98. The molecule has 3 nitrogen and oxygen atoms in total. The van der Waals surface area contributed by atoms with Crippen LogP contribution in [-0.4, -0.2) is 14.4 Å². The Morgan fingerprint density at radius 1 is 1.08 bits per heavy atom. The van der Waals surface area contributed by atoms with Gasteiger partial charge >= 0.3 is 0 Å². The van der Waals surface area contributed by atoms with Gasteiger partial charge in [0.05, 0.1) is 5.69 Å². The predicted octanol–water partition coefficient (Wildman–Crippen LogP) is 1.65. The second-order valence-electron chi connectivity index (χ2n) is 3.09. The molecule has 0 aliphatic carbocycles. The van der Waals surface area contributed by atoms with Crippen molar-refractivity contribution in [2.24, 2.45) is 0 Å². The van der Waals surface area contributed by atoms with Crippen molar-refractivity contribution in [3.8, 4) is 0 Å². The molecular formula is C9H11N3. The summed E-state index contributed by atoms with van der Waals surface area (Å²) < 4.78 is 2.00. The van der Waals surface area contributed by atoms with E-state index in [1.165, 1.54) is 5.69 Å². The molecule has 0 N–H and O–H groups in total. The van der Waals surface area contributed by atoms with E-state index in [-0.39, 0.29) is 0 Å². The monoisotopic (exact) mass is 161 g/mol. The zero-order chi connectivity index (χ0) is 8.72. The second kappa shape index (κ2) is 2.30. The molecule has 0 aromatic carbocycles. The highest BCUT2D eigenvalue weighted by Gasteiger charge is 2.01. The first kappa shape index (κ1) is 7.28. The van der Waals surface area contributed by atoms with Gasteiger partial charge in [-0.2, -0.15) is 0 Å². The highest BCUT2D eigenvalue weighted by atomic mass is 15.1. The maximum atomic E-state index is 4.31. The summed E-state index contributed by atoms with van der Waals surface area (Å²) in [6.07, 6.45) is 2.00. The summed E-state index contributed by atoms with van der Waals surface area (Å²) in [6, 6.07) is 2.05.